The number of aryl methyl sites for hydroxylation is 2. The van der Waals surface area contributed by atoms with Crippen LogP contribution in [0.3, 0.4) is 0 Å². The van der Waals surface area contributed by atoms with E-state index in [1.54, 1.807) is 0 Å². The van der Waals surface area contributed by atoms with Gasteiger partial charge in [0.1, 0.15) is 0 Å². The van der Waals surface area contributed by atoms with Crippen LogP contribution in [0.25, 0.3) is 44.9 Å². The number of hydrogen-bond acceptors (Lipinski definition) is 1. The first-order chi connectivity index (χ1) is 21.1. The molecule has 6 aromatic rings. The van der Waals surface area contributed by atoms with Gasteiger partial charge in [-0.3, -0.25) is 0 Å². The van der Waals surface area contributed by atoms with Crippen LogP contribution in [-0.4, -0.2) is 9.13 Å². The highest BCUT2D eigenvalue weighted by Gasteiger charge is 2.21. The second-order valence-corrected chi connectivity index (χ2v) is 12.2. The maximum Gasteiger partial charge on any atom is 0.0991 e. The molecule has 4 aromatic carbocycles. The van der Waals surface area contributed by atoms with E-state index in [1.807, 2.05) is 12.1 Å². The lowest BCUT2D eigenvalue weighted by Crippen LogP contribution is -1.97. The Morgan fingerprint density at radius 3 is 1.40 bits per heavy atom. The molecule has 0 unspecified atom stereocenters. The lowest BCUT2D eigenvalue weighted by Gasteiger charge is -2.13. The van der Waals surface area contributed by atoms with Crippen molar-refractivity contribution in [2.24, 2.45) is 0 Å². The Kier molecular flexibility index (Phi) is 8.63. The number of benzene rings is 4. The van der Waals surface area contributed by atoms with E-state index < -0.39 is 0 Å². The second-order valence-electron chi connectivity index (χ2n) is 11.2. The van der Waals surface area contributed by atoms with E-state index in [9.17, 15) is 5.26 Å². The highest BCUT2D eigenvalue weighted by atomic mass is 79.9. The van der Waals surface area contributed by atoms with Crippen molar-refractivity contribution in [1.82, 2.24) is 9.13 Å². The Balaban J connectivity index is 1.59. The molecule has 0 radical (unpaired) electrons. The molecule has 2 heterocycles. The molecule has 0 bridgehead atoms. The van der Waals surface area contributed by atoms with E-state index in [0.717, 1.165) is 62.2 Å². The van der Waals surface area contributed by atoms with Gasteiger partial charge in [0.15, 0.2) is 0 Å². The molecule has 0 atom stereocenters. The van der Waals surface area contributed by atoms with Gasteiger partial charge in [0.2, 0.25) is 0 Å². The van der Waals surface area contributed by atoms with Gasteiger partial charge in [-0.25, -0.2) is 0 Å². The lowest BCUT2D eigenvalue weighted by atomic mass is 10.1. The van der Waals surface area contributed by atoms with Crippen molar-refractivity contribution in [3.8, 4) is 40.0 Å². The fourth-order valence-corrected chi connectivity index (χ4v) is 6.12. The molecule has 43 heavy (non-hydrogen) atoms. The fraction of sp³-hybridized carbons (Fsp3) is 0.205. The Morgan fingerprint density at radius 1 is 0.581 bits per heavy atom. The number of nitriles is 1. The normalized spacial score (nSPS) is 11.2. The summed E-state index contributed by atoms with van der Waals surface area (Å²) >= 11 is 3.62. The van der Waals surface area contributed by atoms with Gasteiger partial charge >= 0.3 is 0 Å². The predicted molar refractivity (Wildman–Crippen MR) is 183 cm³/mol. The summed E-state index contributed by atoms with van der Waals surface area (Å²) in [5.74, 6) is 0. The van der Waals surface area contributed by atoms with Gasteiger partial charge in [0.05, 0.1) is 34.1 Å². The fourth-order valence-electron chi connectivity index (χ4n) is 5.86. The first-order valence-corrected chi connectivity index (χ1v) is 16.1. The minimum Gasteiger partial charge on any atom is -0.308 e. The largest absolute Gasteiger partial charge is 0.308 e. The zero-order chi connectivity index (χ0) is 29.8. The van der Waals surface area contributed by atoms with Crippen molar-refractivity contribution in [3.63, 3.8) is 0 Å². The van der Waals surface area contributed by atoms with Crippen LogP contribution < -0.4 is 0 Å². The highest BCUT2D eigenvalue weighted by molar-refractivity contribution is 9.10. The van der Waals surface area contributed by atoms with Crippen LogP contribution in [0.5, 0.6) is 0 Å². The quantitative estimate of drug-likeness (QED) is 0.149. The van der Waals surface area contributed by atoms with Crippen molar-refractivity contribution in [2.45, 2.75) is 52.4 Å². The molecule has 0 saturated carbocycles. The second kappa shape index (κ2) is 12.9. The number of halogens is 1. The number of aromatic nitrogens is 2. The Morgan fingerprint density at radius 2 is 1.00 bits per heavy atom. The molecule has 3 nitrogen and oxygen atoms in total. The third-order valence-electron chi connectivity index (χ3n) is 8.25. The maximum atomic E-state index is 9.42. The summed E-state index contributed by atoms with van der Waals surface area (Å²) in [6, 6.07) is 41.5. The van der Waals surface area contributed by atoms with Crippen molar-refractivity contribution >= 4 is 27.0 Å². The molecular weight excluding hydrogens is 590 g/mol. The summed E-state index contributed by atoms with van der Waals surface area (Å²) in [5.41, 5.74) is 12.5. The van der Waals surface area contributed by atoms with E-state index >= 15 is 0 Å². The number of nitrogens with zero attached hydrogens (tertiary/aromatic N) is 3. The first kappa shape index (κ1) is 28.8. The number of rotatable bonds is 10. The van der Waals surface area contributed by atoms with Crippen molar-refractivity contribution < 1.29 is 0 Å². The first-order valence-electron chi connectivity index (χ1n) is 15.3. The average Bonchev–Trinajstić information content (AvgIpc) is 3.60. The number of hydrogen-bond donors (Lipinski definition) is 0. The molecule has 0 fully saturated rings. The molecular formula is C39H36BrN3. The molecule has 214 valence electrons. The summed E-state index contributed by atoms with van der Waals surface area (Å²) in [6.45, 7) is 4.48. The molecule has 0 N–H and O–H groups in total. The van der Waals surface area contributed by atoms with Crippen LogP contribution in [0.1, 0.15) is 56.2 Å². The Bertz CT molecular complexity index is 1870. The smallest absolute Gasteiger partial charge is 0.0991 e. The van der Waals surface area contributed by atoms with Gasteiger partial charge < -0.3 is 9.13 Å². The monoisotopic (exact) mass is 625 g/mol. The van der Waals surface area contributed by atoms with Gasteiger partial charge in [-0.15, -0.1) is 0 Å². The average molecular weight is 627 g/mol. The molecule has 2 aromatic heterocycles. The van der Waals surface area contributed by atoms with Gasteiger partial charge in [-0.2, -0.15) is 5.26 Å². The highest BCUT2D eigenvalue weighted by Crippen LogP contribution is 2.39. The van der Waals surface area contributed by atoms with E-state index in [4.69, 9.17) is 0 Å². The minimum absolute atomic E-state index is 0.664. The standard InChI is InChI=1S/C39H36BrN3/c1-3-5-7-28-11-21-34(22-12-28)42-36(31-15-9-30(27-41)10-16-31)25-38-39(42)26-37(32-17-19-33(40)20-18-32)43(38)35-23-13-29(14-24-35)8-6-4-2/h9-26H,3-8H2,1-2H3. The maximum absolute atomic E-state index is 9.42. The summed E-state index contributed by atoms with van der Waals surface area (Å²) in [5, 5.41) is 9.42. The lowest BCUT2D eigenvalue weighted by molar-refractivity contribution is 0.795. The zero-order valence-corrected chi connectivity index (χ0v) is 26.4. The Labute approximate surface area is 263 Å². The molecule has 0 aliphatic carbocycles. The van der Waals surface area contributed by atoms with Gasteiger partial charge in [-0.05, 0) is 109 Å². The van der Waals surface area contributed by atoms with Crippen LogP contribution >= 0.6 is 15.9 Å². The Hall–Kier alpha value is -4.33. The van der Waals surface area contributed by atoms with Gasteiger partial charge in [0.25, 0.3) is 0 Å². The van der Waals surface area contributed by atoms with E-state index in [2.05, 4.69) is 142 Å². The summed E-state index contributed by atoms with van der Waals surface area (Å²) in [7, 11) is 0. The van der Waals surface area contributed by atoms with E-state index in [1.165, 1.54) is 36.8 Å². The van der Waals surface area contributed by atoms with Crippen LogP contribution in [0, 0.1) is 11.3 Å². The van der Waals surface area contributed by atoms with Crippen LogP contribution in [0.2, 0.25) is 0 Å². The molecule has 0 saturated heterocycles. The summed E-state index contributed by atoms with van der Waals surface area (Å²) in [4.78, 5) is 0. The van der Waals surface area contributed by atoms with E-state index in [0.29, 0.717) is 5.56 Å². The predicted octanol–water partition coefficient (Wildman–Crippen LogP) is 11.1. The SMILES string of the molecule is CCCCc1ccc(-n2c(-c3ccc(Br)cc3)cc3c2cc(-c2ccc(C#N)cc2)n3-c2ccc(CCCC)cc2)cc1. The van der Waals surface area contributed by atoms with E-state index in [-0.39, 0.29) is 0 Å². The third-order valence-corrected chi connectivity index (χ3v) is 8.78. The van der Waals surface area contributed by atoms with Crippen LogP contribution in [-0.2, 0) is 12.8 Å². The molecule has 0 spiro atoms. The number of unbranched alkanes of at least 4 members (excludes halogenated alkanes) is 2. The molecule has 0 aliphatic heterocycles. The summed E-state index contributed by atoms with van der Waals surface area (Å²) in [6.07, 6.45) is 6.97. The summed E-state index contributed by atoms with van der Waals surface area (Å²) < 4.78 is 5.82. The van der Waals surface area contributed by atoms with Crippen LogP contribution in [0.15, 0.2) is 114 Å². The van der Waals surface area contributed by atoms with Crippen LogP contribution in [0.4, 0.5) is 0 Å². The molecule has 0 amide bonds. The topological polar surface area (TPSA) is 33.6 Å². The number of fused-ring (bicyclic) bond motifs is 1. The third kappa shape index (κ3) is 5.96. The molecule has 4 heteroatoms. The van der Waals surface area contributed by atoms with Crippen molar-refractivity contribution in [3.05, 3.63) is 130 Å². The van der Waals surface area contributed by atoms with Gasteiger partial charge in [0, 0.05) is 15.8 Å². The molecule has 6 rings (SSSR count). The van der Waals surface area contributed by atoms with Gasteiger partial charge in [-0.1, -0.05) is 91.1 Å². The zero-order valence-electron chi connectivity index (χ0n) is 24.9. The minimum atomic E-state index is 0.664. The van der Waals surface area contributed by atoms with Crippen molar-refractivity contribution in [1.29, 1.82) is 5.26 Å². The molecule has 0 aliphatic rings. The van der Waals surface area contributed by atoms with Crippen molar-refractivity contribution in [2.75, 3.05) is 0 Å².